The van der Waals surface area contributed by atoms with Gasteiger partial charge in [-0.05, 0) is 90.2 Å². The van der Waals surface area contributed by atoms with Crippen molar-refractivity contribution in [3.63, 3.8) is 0 Å². The molecular weight excluding hydrogens is 833 g/mol. The molecule has 0 amide bonds. The minimum absolute atomic E-state index is 0.0237. The Balaban J connectivity index is 1.79. The number of phenols is 1. The fourth-order valence-corrected chi connectivity index (χ4v) is 7.49. The van der Waals surface area contributed by atoms with Gasteiger partial charge in [-0.3, -0.25) is 14.0 Å². The minimum atomic E-state index is -5.12. The van der Waals surface area contributed by atoms with E-state index in [1.54, 1.807) is 31.1 Å². The summed E-state index contributed by atoms with van der Waals surface area (Å²) in [5.41, 5.74) is 5.24. The Labute approximate surface area is 321 Å². The van der Waals surface area contributed by atoms with Gasteiger partial charge in [-0.2, -0.15) is 21.9 Å². The first-order chi connectivity index (χ1) is 25.8. The number of hydrogen-bond acceptors (Lipinski definition) is 21. The molecule has 0 saturated carbocycles. The van der Waals surface area contributed by atoms with Crippen LogP contribution in [0.2, 0.25) is 0 Å². The molecule has 294 valence electrons. The largest absolute Gasteiger partial charge is 0.505 e. The van der Waals surface area contributed by atoms with E-state index in [-0.39, 0.29) is 61.4 Å². The Morgan fingerprint density at radius 2 is 1.60 bits per heavy atom. The summed E-state index contributed by atoms with van der Waals surface area (Å²) in [7, 11) is -9.08. The molecule has 4 aromatic carbocycles. The number of benzene rings is 4. The molecule has 4 rings (SSSR count). The molecule has 21 nitrogen and oxygen atoms in total. The van der Waals surface area contributed by atoms with Crippen LogP contribution in [-0.2, 0) is 48.9 Å². The Bertz CT molecular complexity index is 2520. The average Bonchev–Trinajstić information content (AvgIpc) is 3.11. The van der Waals surface area contributed by atoms with Crippen LogP contribution < -0.4 is 10.5 Å². The standard InChI is InChI=1S/C29H28N6O15S5/c1-35(2)10-13-53(38,39)20-8-9-22(46-3)21(16-20)32-34-28-24(54(40,41)42)15-17-14-23(52-49-48-37)27(26(30)25(17)29(28)36)33-31-18-4-6-19(7-5-18)51-12-11-47-50-55(43,44)45/h4-9,14-16,36-37H,10,13,30H2,1-3H3,(H,40,41,42)(H,43,44,45). The number of methoxy groups -OCH3 is 1. The van der Waals surface area contributed by atoms with Crippen molar-refractivity contribution in [1.82, 2.24) is 4.90 Å². The van der Waals surface area contributed by atoms with E-state index in [1.165, 1.54) is 37.4 Å². The summed E-state index contributed by atoms with van der Waals surface area (Å²) < 4.78 is 104. The van der Waals surface area contributed by atoms with Crippen LogP contribution >= 0.6 is 23.8 Å². The number of nitrogens with two attached hydrogens (primary N) is 1. The maximum absolute atomic E-state index is 13.0. The number of thioether (sulfide) groups is 1. The molecule has 4 aromatic rings. The average molecular weight is 861 g/mol. The van der Waals surface area contributed by atoms with Crippen molar-refractivity contribution >= 4 is 93.4 Å². The second kappa shape index (κ2) is 18.3. The van der Waals surface area contributed by atoms with Gasteiger partial charge in [0, 0.05) is 16.7 Å². The van der Waals surface area contributed by atoms with Crippen molar-refractivity contribution in [2.75, 3.05) is 39.2 Å². The Morgan fingerprint density at radius 3 is 2.22 bits per heavy atom. The van der Waals surface area contributed by atoms with Crippen molar-refractivity contribution in [2.24, 2.45) is 20.5 Å². The number of anilines is 1. The van der Waals surface area contributed by atoms with Gasteiger partial charge in [0.05, 0.1) is 51.5 Å². The van der Waals surface area contributed by atoms with Crippen LogP contribution in [-0.4, -0.2) is 83.1 Å². The molecule has 0 bridgehead atoms. The van der Waals surface area contributed by atoms with Crippen LogP contribution in [0, 0.1) is 11.4 Å². The summed E-state index contributed by atoms with van der Waals surface area (Å²) >= 11 is 1.26. The molecule has 0 aliphatic carbocycles. The summed E-state index contributed by atoms with van der Waals surface area (Å²) in [6, 6.07) is 12.0. The van der Waals surface area contributed by atoms with Gasteiger partial charge < -0.3 is 20.5 Å². The number of azo groups is 2. The number of rotatable bonds is 16. The topological polar surface area (TPSA) is 308 Å². The van der Waals surface area contributed by atoms with E-state index in [0.29, 0.717) is 16.9 Å². The maximum atomic E-state index is 13.0. The fourth-order valence-electron chi connectivity index (χ4n) is 4.33. The smallest absolute Gasteiger partial charge is 0.433 e. The highest BCUT2D eigenvalue weighted by Crippen LogP contribution is 2.49. The molecular formula is C29H28N6O15S5. The van der Waals surface area contributed by atoms with Gasteiger partial charge in [0.1, 0.15) is 27.7 Å². The molecule has 26 heteroatoms. The number of sulfone groups is 1. The van der Waals surface area contributed by atoms with Crippen LogP contribution in [0.3, 0.4) is 0 Å². The predicted molar refractivity (Wildman–Crippen MR) is 196 cm³/mol. The maximum Gasteiger partial charge on any atom is 0.433 e. The molecule has 0 spiro atoms. The molecule has 0 saturated heterocycles. The SMILES string of the molecule is COc1ccc(S(=O)(=O)CCN(C)C)cc1N=Nc1c(S(=O)(=O)O)cc2cc(SOOO)c(N=Nc3ccc(SC#COOS(=O)(=O)O)cc3)c(N)c2c1O. The van der Waals surface area contributed by atoms with E-state index in [4.69, 9.17) is 20.3 Å². The molecule has 0 atom stereocenters. The second-order valence-electron chi connectivity index (χ2n) is 10.7. The third-order valence-corrected chi connectivity index (χ3v) is 10.9. The molecule has 0 fully saturated rings. The summed E-state index contributed by atoms with van der Waals surface area (Å²) in [5.74, 6) is -1.08. The molecule has 0 radical (unpaired) electrons. The molecule has 0 aliphatic heterocycles. The zero-order chi connectivity index (χ0) is 40.6. The van der Waals surface area contributed by atoms with Gasteiger partial charge in [-0.1, -0.05) is 5.04 Å². The summed E-state index contributed by atoms with van der Waals surface area (Å²) in [5, 5.41) is 42.0. The molecule has 55 heavy (non-hydrogen) atoms. The monoisotopic (exact) mass is 860 g/mol. The number of ether oxygens (including phenoxy) is 1. The molecule has 6 N–H and O–H groups in total. The number of nitrogens with zero attached hydrogens (tertiary/aromatic N) is 5. The lowest BCUT2D eigenvalue weighted by atomic mass is 10.1. The summed E-state index contributed by atoms with van der Waals surface area (Å²) in [6.07, 6.45) is 1.90. The van der Waals surface area contributed by atoms with Crippen molar-refractivity contribution in [3.8, 4) is 22.9 Å². The van der Waals surface area contributed by atoms with Crippen LogP contribution in [0.5, 0.6) is 11.5 Å². The van der Waals surface area contributed by atoms with E-state index in [0.717, 1.165) is 23.9 Å². The number of fused-ring (bicyclic) bond motifs is 1. The van der Waals surface area contributed by atoms with E-state index >= 15 is 0 Å². The molecule has 0 aromatic heterocycles. The second-order valence-corrected chi connectivity index (χ2v) is 16.9. The van der Waals surface area contributed by atoms with Gasteiger partial charge >= 0.3 is 10.4 Å². The molecule has 0 aliphatic rings. The normalized spacial score (nSPS) is 12.4. The van der Waals surface area contributed by atoms with Gasteiger partial charge in [0.15, 0.2) is 21.7 Å². The minimum Gasteiger partial charge on any atom is -0.505 e. The lowest BCUT2D eigenvalue weighted by molar-refractivity contribution is -0.432. The lowest BCUT2D eigenvalue weighted by Crippen LogP contribution is -2.21. The molecule has 0 unspecified atom stereocenters. The van der Waals surface area contributed by atoms with Gasteiger partial charge in [0.25, 0.3) is 10.1 Å². The third-order valence-electron chi connectivity index (χ3n) is 6.80. The van der Waals surface area contributed by atoms with Crippen molar-refractivity contribution in [2.45, 2.75) is 19.6 Å². The van der Waals surface area contributed by atoms with Crippen molar-refractivity contribution in [1.29, 1.82) is 0 Å². The number of phenolic OH excluding ortho intramolecular Hbond substituents is 1. The Kier molecular flexibility index (Phi) is 14.4. The first-order valence-corrected chi connectivity index (χ1v) is 20.6. The van der Waals surface area contributed by atoms with Crippen LogP contribution in [0.15, 0.2) is 94.6 Å². The predicted octanol–water partition coefficient (Wildman–Crippen LogP) is 5.74. The highest BCUT2D eigenvalue weighted by atomic mass is 32.3. The van der Waals surface area contributed by atoms with Crippen LogP contribution in [0.1, 0.15) is 0 Å². The van der Waals surface area contributed by atoms with E-state index in [2.05, 4.69) is 44.3 Å². The van der Waals surface area contributed by atoms with Crippen molar-refractivity contribution < 1.29 is 68.1 Å². The van der Waals surface area contributed by atoms with Gasteiger partial charge in [-0.15, -0.1) is 19.7 Å². The highest BCUT2D eigenvalue weighted by molar-refractivity contribution is 8.04. The number of nitrogen functional groups attached to an aromatic ring is 1. The van der Waals surface area contributed by atoms with Crippen LogP contribution in [0.25, 0.3) is 10.8 Å². The quantitative estimate of drug-likeness (QED) is 0.0131. The third kappa shape index (κ3) is 11.7. The number of aromatic hydroxyl groups is 1. The van der Waals surface area contributed by atoms with Gasteiger partial charge in [0.2, 0.25) is 0 Å². The zero-order valence-electron chi connectivity index (χ0n) is 28.2. The fraction of sp³-hybridized carbons (Fsp3) is 0.172. The van der Waals surface area contributed by atoms with Crippen molar-refractivity contribution in [3.05, 3.63) is 54.6 Å². The zero-order valence-corrected chi connectivity index (χ0v) is 32.3. The Hall–Kier alpha value is -4.63. The summed E-state index contributed by atoms with van der Waals surface area (Å²) in [6.45, 7) is 0.218. The summed E-state index contributed by atoms with van der Waals surface area (Å²) in [4.78, 5) is 5.16. The first-order valence-electron chi connectivity index (χ1n) is 14.6. The van der Waals surface area contributed by atoms with E-state index in [9.17, 15) is 34.9 Å². The van der Waals surface area contributed by atoms with E-state index in [1.807, 2.05) is 6.11 Å². The molecule has 0 heterocycles. The van der Waals surface area contributed by atoms with E-state index < -0.39 is 46.7 Å². The van der Waals surface area contributed by atoms with Gasteiger partial charge in [-0.25, -0.2) is 13.7 Å². The van der Waals surface area contributed by atoms with Crippen LogP contribution in [0.4, 0.5) is 28.4 Å². The lowest BCUT2D eigenvalue weighted by Gasteiger charge is -2.14. The first kappa shape index (κ1) is 43.1. The number of hydrogen-bond donors (Lipinski definition) is 5. The highest BCUT2D eigenvalue weighted by Gasteiger charge is 2.26. The Morgan fingerprint density at radius 1 is 0.909 bits per heavy atom.